The number of imidazole rings is 1. The Hall–Kier alpha value is -3.52. The fraction of sp³-hybridized carbons (Fsp3) is 0.629. The van der Waals surface area contributed by atoms with E-state index in [1.54, 1.807) is 28.8 Å². The van der Waals surface area contributed by atoms with Gasteiger partial charge < -0.3 is 36.7 Å². The molecule has 5 rings (SSSR count). The number of fused-ring (bicyclic) bond motifs is 2. The van der Waals surface area contributed by atoms with Gasteiger partial charge in [-0.3, -0.25) is 24.5 Å². The molecule has 1 aromatic carbocycles. The zero-order valence-corrected chi connectivity index (χ0v) is 33.7. The Morgan fingerprint density at radius 2 is 1.74 bits per heavy atom. The van der Waals surface area contributed by atoms with E-state index in [1.807, 2.05) is 12.1 Å². The van der Waals surface area contributed by atoms with Gasteiger partial charge in [0.25, 0.3) is 11.5 Å². The Labute approximate surface area is 311 Å². The summed E-state index contributed by atoms with van der Waals surface area (Å²) in [7, 11) is -5.97. The van der Waals surface area contributed by atoms with E-state index in [-0.39, 0.29) is 79.1 Å². The second kappa shape index (κ2) is 17.7. The lowest BCUT2D eigenvalue weighted by Gasteiger charge is -2.51. The van der Waals surface area contributed by atoms with Gasteiger partial charge in [0.05, 0.1) is 32.0 Å². The number of amides is 1. The van der Waals surface area contributed by atoms with Crippen molar-refractivity contribution >= 4 is 40.1 Å². The van der Waals surface area contributed by atoms with E-state index in [9.17, 15) is 9.59 Å². The molecule has 0 bridgehead atoms. The molecule has 2 fully saturated rings. The zero-order chi connectivity index (χ0) is 38.3. The van der Waals surface area contributed by atoms with Gasteiger partial charge >= 0.3 is 17.1 Å². The number of benzene rings is 1. The van der Waals surface area contributed by atoms with E-state index in [2.05, 4.69) is 75.7 Å². The number of H-pyrrole nitrogens is 1. The molecular weight excluding hydrogens is 721 g/mol. The smallest absolute Gasteiger partial charge is 0.335 e. The topological polar surface area (TPSA) is 190 Å². The number of nitriles is 1. The molecule has 3 aromatic rings. The van der Waals surface area contributed by atoms with Crippen molar-refractivity contribution in [1.82, 2.24) is 19.5 Å². The lowest BCUT2D eigenvalue weighted by molar-refractivity contribution is -0.174. The van der Waals surface area contributed by atoms with Gasteiger partial charge in [0.1, 0.15) is 37.6 Å². The van der Waals surface area contributed by atoms with Crippen LogP contribution < -0.4 is 15.6 Å². The fourth-order valence-electron chi connectivity index (χ4n) is 6.93. The monoisotopic (exact) mass is 772 g/mol. The summed E-state index contributed by atoms with van der Waals surface area (Å²) in [5.41, 5.74) is -0.0110. The van der Waals surface area contributed by atoms with Crippen LogP contribution in [0.4, 0.5) is 5.95 Å². The SMILES string of the molecule is CC(C)[Si]1(C(C)C)OC[C@H]2O[C@@H](n3cnc4c(=O)[nH]c(NC(=O)COc5ccccc5)nc43)[C@@H](OCOCOCCC#N)[C@H]2O[Si](C(C)C)(C(C)C)O1. The Morgan fingerprint density at radius 1 is 1.04 bits per heavy atom. The third-order valence-electron chi connectivity index (χ3n) is 9.56. The Bertz CT molecular complexity index is 1750. The predicted octanol–water partition coefficient (Wildman–Crippen LogP) is 5.24. The first-order chi connectivity index (χ1) is 25.3. The second-order valence-electron chi connectivity index (χ2n) is 14.4. The van der Waals surface area contributed by atoms with E-state index < -0.39 is 53.1 Å². The summed E-state index contributed by atoms with van der Waals surface area (Å²) in [6.45, 7) is 17.0. The van der Waals surface area contributed by atoms with Crippen LogP contribution in [-0.2, 0) is 36.7 Å². The van der Waals surface area contributed by atoms with Gasteiger partial charge in [-0.2, -0.15) is 10.2 Å². The molecule has 0 saturated carbocycles. The van der Waals surface area contributed by atoms with E-state index in [1.165, 1.54) is 6.33 Å². The van der Waals surface area contributed by atoms with Crippen LogP contribution in [-0.4, -0.2) is 94.3 Å². The van der Waals surface area contributed by atoms with E-state index in [4.69, 9.17) is 41.9 Å². The quantitative estimate of drug-likeness (QED) is 0.109. The van der Waals surface area contributed by atoms with Crippen molar-refractivity contribution in [2.24, 2.45) is 0 Å². The van der Waals surface area contributed by atoms with Crippen molar-refractivity contribution in [3.63, 3.8) is 0 Å². The number of aromatic amines is 1. The number of rotatable bonds is 16. The van der Waals surface area contributed by atoms with Gasteiger partial charge in [0.2, 0.25) is 5.95 Å². The number of carbonyl (C=O) groups is 1. The molecule has 2 aromatic heterocycles. The van der Waals surface area contributed by atoms with Crippen molar-refractivity contribution in [3.05, 3.63) is 47.0 Å². The van der Waals surface area contributed by atoms with Crippen LogP contribution in [0.3, 0.4) is 0 Å². The number of nitrogens with zero attached hydrogens (tertiary/aromatic N) is 4. The number of hydrogen-bond donors (Lipinski definition) is 2. The summed E-state index contributed by atoms with van der Waals surface area (Å²) >= 11 is 0. The van der Waals surface area contributed by atoms with Crippen LogP contribution in [0.2, 0.25) is 22.2 Å². The van der Waals surface area contributed by atoms with Gasteiger partial charge in [-0.25, -0.2) is 4.98 Å². The molecule has 0 spiro atoms. The minimum absolute atomic E-state index is 0.0389. The van der Waals surface area contributed by atoms with Crippen LogP contribution in [0.15, 0.2) is 41.5 Å². The van der Waals surface area contributed by atoms with Gasteiger partial charge in [0, 0.05) is 0 Å². The van der Waals surface area contributed by atoms with Crippen LogP contribution >= 0.6 is 0 Å². The number of anilines is 1. The van der Waals surface area contributed by atoms with Crippen molar-refractivity contribution in [2.75, 3.05) is 38.7 Å². The maximum absolute atomic E-state index is 13.2. The highest BCUT2D eigenvalue weighted by molar-refractivity contribution is 6.84. The van der Waals surface area contributed by atoms with E-state index in [0.717, 1.165) is 0 Å². The summed E-state index contributed by atoms with van der Waals surface area (Å²) in [6, 6.07) is 10.9. The molecule has 2 N–H and O–H groups in total. The van der Waals surface area contributed by atoms with Gasteiger partial charge in [0.15, 0.2) is 24.0 Å². The highest BCUT2D eigenvalue weighted by Crippen LogP contribution is 2.49. The third kappa shape index (κ3) is 8.90. The maximum atomic E-state index is 13.2. The van der Waals surface area contributed by atoms with E-state index >= 15 is 0 Å². The van der Waals surface area contributed by atoms with Gasteiger partial charge in [-0.05, 0) is 34.3 Å². The number of para-hydroxylation sites is 1. The molecule has 2 aliphatic heterocycles. The van der Waals surface area contributed by atoms with Gasteiger partial charge in [-0.15, -0.1) is 0 Å². The molecule has 0 radical (unpaired) electrons. The minimum Gasteiger partial charge on any atom is -0.484 e. The highest BCUT2D eigenvalue weighted by Gasteiger charge is 2.62. The number of aromatic nitrogens is 4. The maximum Gasteiger partial charge on any atom is 0.335 e. The second-order valence-corrected chi connectivity index (χ2v) is 23.2. The fourth-order valence-corrected chi connectivity index (χ4v) is 18.1. The Balaban J connectivity index is 1.49. The molecule has 53 heavy (non-hydrogen) atoms. The lowest BCUT2D eigenvalue weighted by atomic mass is 10.1. The Morgan fingerprint density at radius 3 is 2.40 bits per heavy atom. The van der Waals surface area contributed by atoms with Crippen LogP contribution in [0.25, 0.3) is 11.2 Å². The average molecular weight is 773 g/mol. The summed E-state index contributed by atoms with van der Waals surface area (Å²) in [5, 5.41) is 11.4. The Kier molecular flexibility index (Phi) is 13.6. The largest absolute Gasteiger partial charge is 0.484 e. The minimum atomic E-state index is -3.09. The molecule has 290 valence electrons. The molecule has 4 atom stereocenters. The molecule has 1 amide bonds. The summed E-state index contributed by atoms with van der Waals surface area (Å²) in [6.07, 6.45) is -1.28. The number of ether oxygens (including phenoxy) is 5. The van der Waals surface area contributed by atoms with Crippen LogP contribution in [0.1, 0.15) is 68.0 Å². The van der Waals surface area contributed by atoms with Gasteiger partial charge in [-0.1, -0.05) is 73.6 Å². The zero-order valence-electron chi connectivity index (χ0n) is 31.7. The lowest BCUT2D eigenvalue weighted by Crippen LogP contribution is -2.66. The van der Waals surface area contributed by atoms with Crippen molar-refractivity contribution in [2.45, 2.75) is 109 Å². The first-order valence-corrected chi connectivity index (χ1v) is 22.0. The summed E-state index contributed by atoms with van der Waals surface area (Å²) in [5.74, 6) is -0.0902. The van der Waals surface area contributed by atoms with Crippen molar-refractivity contribution in [3.8, 4) is 11.8 Å². The highest BCUT2D eigenvalue weighted by atomic mass is 28.5. The average Bonchev–Trinajstić information content (AvgIpc) is 3.67. The molecule has 2 aliphatic rings. The molecule has 0 aliphatic carbocycles. The standard InChI is InChI=1S/C35H52N6O10Si2/c1-22(2)52(23(3)4)48-17-27-30(50-53(51-52,24(5)6)25(7)8)31(47-21-45-20-44-16-12-15-36)34(49-27)41-19-37-29-32(41)39-35(40-33(29)43)38-28(42)18-46-26-13-10-9-11-14-26/h9-11,13-14,19,22-25,27,30-31,34H,12,16-18,20-21H2,1-8H3,(H2,38,39,40,42,43)/t27-,30+,31+,34-/m1/s1. The molecule has 0 unspecified atom stereocenters. The van der Waals surface area contributed by atoms with Crippen molar-refractivity contribution in [1.29, 1.82) is 5.26 Å². The van der Waals surface area contributed by atoms with Crippen molar-refractivity contribution < 1.29 is 41.4 Å². The third-order valence-corrected chi connectivity index (χ3v) is 19.8. The molecule has 4 heterocycles. The predicted molar refractivity (Wildman–Crippen MR) is 198 cm³/mol. The van der Waals surface area contributed by atoms with Crippen LogP contribution in [0.5, 0.6) is 5.75 Å². The number of nitrogens with one attached hydrogen (secondary N) is 2. The number of carbonyl (C=O) groups excluding carboxylic acids is 1. The normalized spacial score (nSPS) is 22.5. The molecular formula is C35H52N6O10Si2. The molecule has 18 heteroatoms. The summed E-state index contributed by atoms with van der Waals surface area (Å²) < 4.78 is 53.0. The first-order valence-electron chi connectivity index (χ1n) is 18.1. The molecule has 2 saturated heterocycles. The number of hydrogen-bond acceptors (Lipinski definition) is 13. The van der Waals surface area contributed by atoms with Crippen LogP contribution in [0, 0.1) is 11.3 Å². The van der Waals surface area contributed by atoms with E-state index in [0.29, 0.717) is 5.75 Å². The molecule has 16 nitrogen and oxygen atoms in total. The first kappa shape index (κ1) is 40.7. The summed E-state index contributed by atoms with van der Waals surface area (Å²) in [4.78, 5) is 37.6.